The second kappa shape index (κ2) is 11.6. The largest absolute Gasteiger partial charge is 0.490 e. The Kier molecular flexibility index (Phi) is 8.53. The molecule has 1 aliphatic heterocycles. The molecule has 0 spiro atoms. The highest BCUT2D eigenvalue weighted by Gasteiger charge is 2.35. The van der Waals surface area contributed by atoms with Crippen LogP contribution in [-0.4, -0.2) is 29.3 Å². The quantitative estimate of drug-likeness (QED) is 0.208. The first-order valence-corrected chi connectivity index (χ1v) is 13.3. The first kappa shape index (κ1) is 27.1. The number of halogens is 2. The second-order valence-corrected chi connectivity index (χ2v) is 11.4. The van der Waals surface area contributed by atoms with Gasteiger partial charge in [-0.3, -0.25) is 14.5 Å². The van der Waals surface area contributed by atoms with E-state index in [9.17, 15) is 9.59 Å². The Balaban J connectivity index is 1.33. The summed E-state index contributed by atoms with van der Waals surface area (Å²) in [7, 11) is 0. The Morgan fingerprint density at radius 3 is 2.24 bits per heavy atom. The van der Waals surface area contributed by atoms with Crippen molar-refractivity contribution in [3.8, 4) is 11.5 Å². The minimum atomic E-state index is -0.349. The average Bonchev–Trinajstić information content (AvgIpc) is 3.11. The number of rotatable bonds is 8. The number of ether oxygens (including phenoxy) is 2. The van der Waals surface area contributed by atoms with Gasteiger partial charge in [0.2, 0.25) is 0 Å². The molecule has 4 rings (SSSR count). The van der Waals surface area contributed by atoms with Gasteiger partial charge in [0.05, 0.1) is 21.5 Å². The fraction of sp³-hybridized carbons (Fsp3) is 0.241. The van der Waals surface area contributed by atoms with Crippen molar-refractivity contribution in [2.75, 3.05) is 13.2 Å². The lowest BCUT2D eigenvalue weighted by atomic mass is 9.87. The maximum atomic E-state index is 12.9. The third kappa shape index (κ3) is 7.10. The van der Waals surface area contributed by atoms with Crippen LogP contribution in [0.3, 0.4) is 0 Å². The van der Waals surface area contributed by atoms with Crippen molar-refractivity contribution in [1.82, 2.24) is 4.90 Å². The lowest BCUT2D eigenvalue weighted by Crippen LogP contribution is -2.27. The standard InChI is InChI=1S/C29H27Cl2NO4S/c1-29(2,3)21-8-10-22(11-9-21)35-13-14-36-23-6-4-5-19(15-23)17-26-27(33)32(28(34)37-26)18-20-7-12-24(30)25(31)16-20/h4-12,15-17H,13-14,18H2,1-3H3/b26-17-. The van der Waals surface area contributed by atoms with Crippen LogP contribution in [0, 0.1) is 0 Å². The molecule has 1 heterocycles. The van der Waals surface area contributed by atoms with E-state index in [1.165, 1.54) is 10.5 Å². The molecule has 5 nitrogen and oxygen atoms in total. The van der Waals surface area contributed by atoms with Crippen LogP contribution in [0.4, 0.5) is 4.79 Å². The van der Waals surface area contributed by atoms with Gasteiger partial charge >= 0.3 is 0 Å². The van der Waals surface area contributed by atoms with Crippen LogP contribution in [-0.2, 0) is 16.8 Å². The summed E-state index contributed by atoms with van der Waals surface area (Å²) < 4.78 is 11.6. The Hall–Kier alpha value is -2.93. The average molecular weight is 557 g/mol. The van der Waals surface area contributed by atoms with Crippen LogP contribution in [0.15, 0.2) is 71.6 Å². The molecule has 192 valence electrons. The third-order valence-corrected chi connectivity index (χ3v) is 7.34. The number of carbonyl (C=O) groups excluding carboxylic acids is 2. The summed E-state index contributed by atoms with van der Waals surface area (Å²) in [6.45, 7) is 7.41. The van der Waals surface area contributed by atoms with E-state index >= 15 is 0 Å². The van der Waals surface area contributed by atoms with E-state index in [4.69, 9.17) is 32.7 Å². The summed E-state index contributed by atoms with van der Waals surface area (Å²) in [6, 6.07) is 20.5. The molecule has 0 N–H and O–H groups in total. The summed E-state index contributed by atoms with van der Waals surface area (Å²) in [4.78, 5) is 26.9. The highest BCUT2D eigenvalue weighted by molar-refractivity contribution is 8.18. The Labute approximate surface area is 231 Å². The van der Waals surface area contributed by atoms with E-state index in [1.54, 1.807) is 24.3 Å². The normalized spacial score (nSPS) is 14.9. The van der Waals surface area contributed by atoms with E-state index in [-0.39, 0.29) is 23.1 Å². The molecular formula is C29H27Cl2NO4S. The van der Waals surface area contributed by atoms with Crippen molar-refractivity contribution in [3.63, 3.8) is 0 Å². The van der Waals surface area contributed by atoms with Gasteiger partial charge in [0.1, 0.15) is 24.7 Å². The molecule has 1 fully saturated rings. The van der Waals surface area contributed by atoms with E-state index in [2.05, 4.69) is 32.9 Å². The summed E-state index contributed by atoms with van der Waals surface area (Å²) in [6.07, 6.45) is 1.69. The highest BCUT2D eigenvalue weighted by Crippen LogP contribution is 2.34. The molecule has 0 saturated carbocycles. The van der Waals surface area contributed by atoms with Crippen molar-refractivity contribution in [3.05, 3.63) is 98.4 Å². The van der Waals surface area contributed by atoms with Gasteiger partial charge in [0.15, 0.2) is 0 Å². The molecule has 0 radical (unpaired) electrons. The minimum Gasteiger partial charge on any atom is -0.490 e. The minimum absolute atomic E-state index is 0.0974. The Morgan fingerprint density at radius 1 is 0.865 bits per heavy atom. The maximum absolute atomic E-state index is 12.9. The number of hydrogen-bond donors (Lipinski definition) is 0. The van der Waals surface area contributed by atoms with Gasteiger partial charge in [0, 0.05) is 0 Å². The van der Waals surface area contributed by atoms with E-state index < -0.39 is 0 Å². The van der Waals surface area contributed by atoms with Gasteiger partial charge < -0.3 is 9.47 Å². The van der Waals surface area contributed by atoms with E-state index in [0.29, 0.717) is 33.9 Å². The first-order valence-electron chi connectivity index (χ1n) is 11.8. The van der Waals surface area contributed by atoms with Gasteiger partial charge in [-0.1, -0.05) is 74.3 Å². The zero-order valence-electron chi connectivity index (χ0n) is 20.8. The van der Waals surface area contributed by atoms with Crippen LogP contribution in [0.1, 0.15) is 37.5 Å². The number of carbonyl (C=O) groups is 2. The predicted molar refractivity (Wildman–Crippen MR) is 151 cm³/mol. The van der Waals surface area contributed by atoms with Gasteiger partial charge in [-0.15, -0.1) is 0 Å². The molecule has 0 atom stereocenters. The molecule has 2 amide bonds. The van der Waals surface area contributed by atoms with Crippen LogP contribution >= 0.6 is 35.0 Å². The lowest BCUT2D eigenvalue weighted by molar-refractivity contribution is -0.123. The molecular weight excluding hydrogens is 529 g/mol. The van der Waals surface area contributed by atoms with Crippen molar-refractivity contribution in [2.45, 2.75) is 32.7 Å². The fourth-order valence-corrected chi connectivity index (χ4v) is 4.83. The topological polar surface area (TPSA) is 55.8 Å². The highest BCUT2D eigenvalue weighted by atomic mass is 35.5. The van der Waals surface area contributed by atoms with Gasteiger partial charge in [-0.2, -0.15) is 0 Å². The van der Waals surface area contributed by atoms with Crippen molar-refractivity contribution in [1.29, 1.82) is 0 Å². The number of thioether (sulfide) groups is 1. The van der Waals surface area contributed by atoms with Crippen molar-refractivity contribution >= 4 is 52.2 Å². The van der Waals surface area contributed by atoms with Gasteiger partial charge in [0.25, 0.3) is 11.1 Å². The van der Waals surface area contributed by atoms with Crippen LogP contribution in [0.25, 0.3) is 6.08 Å². The number of imide groups is 1. The van der Waals surface area contributed by atoms with Crippen LogP contribution in [0.5, 0.6) is 11.5 Å². The SMILES string of the molecule is CC(C)(C)c1ccc(OCCOc2cccc(/C=C3\SC(=O)N(Cc4ccc(Cl)c(Cl)c4)C3=O)c2)cc1. The molecule has 37 heavy (non-hydrogen) atoms. The van der Waals surface area contributed by atoms with Crippen molar-refractivity contribution < 1.29 is 19.1 Å². The lowest BCUT2D eigenvalue weighted by Gasteiger charge is -2.19. The molecule has 8 heteroatoms. The summed E-state index contributed by atoms with van der Waals surface area (Å²) in [5, 5.41) is 0.465. The summed E-state index contributed by atoms with van der Waals surface area (Å²) >= 11 is 12.9. The first-order chi connectivity index (χ1) is 17.6. The predicted octanol–water partition coefficient (Wildman–Crippen LogP) is 7.99. The third-order valence-electron chi connectivity index (χ3n) is 5.70. The zero-order valence-corrected chi connectivity index (χ0v) is 23.1. The second-order valence-electron chi connectivity index (χ2n) is 9.56. The summed E-state index contributed by atoms with van der Waals surface area (Å²) in [5.74, 6) is 1.09. The number of benzene rings is 3. The number of amides is 2. The summed E-state index contributed by atoms with van der Waals surface area (Å²) in [5.41, 5.74) is 2.83. The smallest absolute Gasteiger partial charge is 0.293 e. The Morgan fingerprint density at radius 2 is 1.57 bits per heavy atom. The molecule has 0 aliphatic carbocycles. The monoisotopic (exact) mass is 555 g/mol. The zero-order chi connectivity index (χ0) is 26.6. The number of hydrogen-bond acceptors (Lipinski definition) is 5. The van der Waals surface area contributed by atoms with Crippen LogP contribution < -0.4 is 9.47 Å². The van der Waals surface area contributed by atoms with E-state index in [1.807, 2.05) is 36.4 Å². The van der Waals surface area contributed by atoms with Gasteiger partial charge in [-0.25, -0.2) is 0 Å². The van der Waals surface area contributed by atoms with E-state index in [0.717, 1.165) is 28.6 Å². The molecule has 1 saturated heterocycles. The van der Waals surface area contributed by atoms with Gasteiger partial charge in [-0.05, 0) is 76.3 Å². The number of nitrogens with zero attached hydrogens (tertiary/aromatic N) is 1. The molecule has 0 unspecified atom stereocenters. The Bertz CT molecular complexity index is 1330. The van der Waals surface area contributed by atoms with Crippen molar-refractivity contribution in [2.24, 2.45) is 0 Å². The fourth-order valence-electron chi connectivity index (χ4n) is 3.67. The molecule has 3 aromatic rings. The van der Waals surface area contributed by atoms with Crippen LogP contribution in [0.2, 0.25) is 10.0 Å². The molecule has 0 aromatic heterocycles. The molecule has 1 aliphatic rings. The molecule has 0 bridgehead atoms. The maximum Gasteiger partial charge on any atom is 0.293 e. The molecule has 3 aromatic carbocycles.